The molecule has 4 N–H and O–H groups in total. The zero-order valence-electron chi connectivity index (χ0n) is 9.90. The van der Waals surface area contributed by atoms with Crippen molar-refractivity contribution in [3.63, 3.8) is 0 Å². The zero-order valence-corrected chi connectivity index (χ0v) is 12.3. The number of halogens is 1. The molecule has 6 nitrogen and oxygen atoms in total. The van der Waals surface area contributed by atoms with E-state index in [-0.39, 0.29) is 16.8 Å². The predicted molar refractivity (Wildman–Crippen MR) is 72.7 cm³/mol. The fraction of sp³-hybridized carbons (Fsp3) is 0.300. The monoisotopic (exact) mass is 335 g/mol. The molecule has 0 aliphatic carbocycles. The highest BCUT2D eigenvalue weighted by Crippen LogP contribution is 2.25. The molecule has 0 spiro atoms. The second kappa shape index (κ2) is 5.79. The molecular formula is C10H14BrN3O3S. The Labute approximate surface area is 114 Å². The van der Waals surface area contributed by atoms with Crippen molar-refractivity contribution in [2.24, 2.45) is 5.14 Å². The maximum Gasteiger partial charge on any atom is 0.241 e. The van der Waals surface area contributed by atoms with Crippen molar-refractivity contribution < 1.29 is 13.2 Å². The first-order chi connectivity index (χ1) is 8.25. The summed E-state index contributed by atoms with van der Waals surface area (Å²) in [6.07, 6.45) is 0. The number of amides is 1. The van der Waals surface area contributed by atoms with Gasteiger partial charge in [0.25, 0.3) is 0 Å². The SMILES string of the molecule is CNC(C)C(=O)Nc1ccc(S(N)(=O)=O)cc1Br. The minimum atomic E-state index is -3.75. The van der Waals surface area contributed by atoms with Crippen molar-refractivity contribution in [3.05, 3.63) is 22.7 Å². The molecular weight excluding hydrogens is 322 g/mol. The van der Waals surface area contributed by atoms with Gasteiger partial charge in [-0.25, -0.2) is 13.6 Å². The molecule has 1 rings (SSSR count). The number of carbonyl (C=O) groups excluding carboxylic acids is 1. The number of nitrogens with one attached hydrogen (secondary N) is 2. The molecule has 0 fully saturated rings. The Hall–Kier alpha value is -0.960. The van der Waals surface area contributed by atoms with Gasteiger partial charge in [-0.2, -0.15) is 0 Å². The summed E-state index contributed by atoms with van der Waals surface area (Å²) in [5, 5.41) is 10.5. The average Bonchev–Trinajstić information content (AvgIpc) is 2.29. The topological polar surface area (TPSA) is 101 Å². The largest absolute Gasteiger partial charge is 0.324 e. The van der Waals surface area contributed by atoms with Crippen LogP contribution in [0.5, 0.6) is 0 Å². The first-order valence-electron chi connectivity index (χ1n) is 5.06. The third-order valence-electron chi connectivity index (χ3n) is 2.35. The first-order valence-corrected chi connectivity index (χ1v) is 7.40. The second-order valence-corrected chi connectivity index (χ2v) is 6.10. The van der Waals surface area contributed by atoms with E-state index >= 15 is 0 Å². The third-order valence-corrected chi connectivity index (χ3v) is 3.92. The number of sulfonamides is 1. The Morgan fingerprint density at radius 3 is 2.50 bits per heavy atom. The van der Waals surface area contributed by atoms with Gasteiger partial charge in [0, 0.05) is 4.47 Å². The lowest BCUT2D eigenvalue weighted by atomic mass is 10.3. The van der Waals surface area contributed by atoms with Crippen molar-refractivity contribution in [2.75, 3.05) is 12.4 Å². The fourth-order valence-electron chi connectivity index (χ4n) is 1.15. The van der Waals surface area contributed by atoms with E-state index in [0.29, 0.717) is 10.2 Å². The van der Waals surface area contributed by atoms with Crippen molar-refractivity contribution in [1.29, 1.82) is 0 Å². The minimum absolute atomic E-state index is 0.0194. The Morgan fingerprint density at radius 1 is 1.44 bits per heavy atom. The van der Waals surface area contributed by atoms with Gasteiger partial charge in [0.1, 0.15) is 0 Å². The number of carbonyl (C=O) groups is 1. The summed E-state index contributed by atoms with van der Waals surface area (Å²) < 4.78 is 22.7. The Morgan fingerprint density at radius 2 is 2.06 bits per heavy atom. The maximum atomic E-state index is 11.6. The molecule has 0 bridgehead atoms. The van der Waals surface area contributed by atoms with Crippen LogP contribution in [-0.4, -0.2) is 27.4 Å². The van der Waals surface area contributed by atoms with Crippen molar-refractivity contribution in [2.45, 2.75) is 17.9 Å². The number of likely N-dealkylation sites (N-methyl/N-ethyl adjacent to an activating group) is 1. The number of hydrogen-bond acceptors (Lipinski definition) is 4. The van der Waals surface area contributed by atoms with Gasteiger partial charge in [0.2, 0.25) is 15.9 Å². The fourth-order valence-corrected chi connectivity index (χ4v) is 2.32. The van der Waals surface area contributed by atoms with Crippen LogP contribution in [0.25, 0.3) is 0 Å². The number of benzene rings is 1. The lowest BCUT2D eigenvalue weighted by molar-refractivity contribution is -0.117. The normalized spacial score (nSPS) is 13.1. The molecule has 0 saturated carbocycles. The Kier molecular flexibility index (Phi) is 4.85. The van der Waals surface area contributed by atoms with E-state index in [0.717, 1.165) is 0 Å². The second-order valence-electron chi connectivity index (χ2n) is 3.69. The van der Waals surface area contributed by atoms with Crippen LogP contribution in [0.1, 0.15) is 6.92 Å². The molecule has 0 aliphatic rings. The van der Waals surface area contributed by atoms with E-state index in [2.05, 4.69) is 26.6 Å². The molecule has 1 unspecified atom stereocenters. The maximum absolute atomic E-state index is 11.6. The van der Waals surface area contributed by atoms with E-state index in [1.54, 1.807) is 14.0 Å². The Bertz CT molecular complexity index is 559. The summed E-state index contributed by atoms with van der Waals surface area (Å²) in [6, 6.07) is 3.80. The van der Waals surface area contributed by atoms with E-state index in [1.165, 1.54) is 18.2 Å². The van der Waals surface area contributed by atoms with E-state index in [9.17, 15) is 13.2 Å². The quantitative estimate of drug-likeness (QED) is 0.751. The molecule has 1 amide bonds. The molecule has 0 heterocycles. The van der Waals surface area contributed by atoms with Crippen LogP contribution in [0.15, 0.2) is 27.6 Å². The van der Waals surface area contributed by atoms with Crippen LogP contribution >= 0.6 is 15.9 Å². The molecule has 18 heavy (non-hydrogen) atoms. The number of nitrogens with two attached hydrogens (primary N) is 1. The van der Waals surface area contributed by atoms with Gasteiger partial charge < -0.3 is 10.6 Å². The van der Waals surface area contributed by atoms with Crippen molar-refractivity contribution in [3.8, 4) is 0 Å². The van der Waals surface area contributed by atoms with E-state index < -0.39 is 10.0 Å². The lowest BCUT2D eigenvalue weighted by Gasteiger charge is -2.12. The Balaban J connectivity index is 2.97. The van der Waals surface area contributed by atoms with Gasteiger partial charge in [0.05, 0.1) is 16.6 Å². The number of anilines is 1. The highest BCUT2D eigenvalue weighted by Gasteiger charge is 2.14. The van der Waals surface area contributed by atoms with Crippen LogP contribution in [0.3, 0.4) is 0 Å². The predicted octanol–water partition coefficient (Wildman–Crippen LogP) is 0.643. The van der Waals surface area contributed by atoms with Gasteiger partial charge in [-0.3, -0.25) is 4.79 Å². The number of primary sulfonamides is 1. The summed E-state index contributed by atoms with van der Waals surface area (Å²) >= 11 is 3.18. The van der Waals surface area contributed by atoms with Crippen LogP contribution in [0.2, 0.25) is 0 Å². The molecule has 1 aromatic carbocycles. The van der Waals surface area contributed by atoms with Crippen molar-refractivity contribution in [1.82, 2.24) is 5.32 Å². The number of hydrogen-bond donors (Lipinski definition) is 3. The molecule has 0 aromatic heterocycles. The van der Waals surface area contributed by atoms with Crippen LogP contribution < -0.4 is 15.8 Å². The highest BCUT2D eigenvalue weighted by molar-refractivity contribution is 9.10. The molecule has 1 atom stereocenters. The van der Waals surface area contributed by atoms with Crippen LogP contribution in [0, 0.1) is 0 Å². The lowest BCUT2D eigenvalue weighted by Crippen LogP contribution is -2.35. The van der Waals surface area contributed by atoms with Crippen LogP contribution in [-0.2, 0) is 14.8 Å². The van der Waals surface area contributed by atoms with Gasteiger partial charge in [-0.05, 0) is 48.1 Å². The van der Waals surface area contributed by atoms with E-state index in [4.69, 9.17) is 5.14 Å². The summed E-state index contributed by atoms with van der Waals surface area (Å²) in [4.78, 5) is 11.6. The summed E-state index contributed by atoms with van der Waals surface area (Å²) in [5.41, 5.74) is 0.481. The van der Waals surface area contributed by atoms with Gasteiger partial charge in [-0.15, -0.1) is 0 Å². The average molecular weight is 336 g/mol. The molecule has 0 radical (unpaired) electrons. The molecule has 0 saturated heterocycles. The summed E-state index contributed by atoms with van der Waals surface area (Å²) in [7, 11) is -2.08. The van der Waals surface area contributed by atoms with Gasteiger partial charge in [0.15, 0.2) is 0 Å². The van der Waals surface area contributed by atoms with Crippen LogP contribution in [0.4, 0.5) is 5.69 Å². The van der Waals surface area contributed by atoms with Gasteiger partial charge in [-0.1, -0.05) is 0 Å². The highest BCUT2D eigenvalue weighted by atomic mass is 79.9. The molecule has 1 aromatic rings. The molecule has 100 valence electrons. The minimum Gasteiger partial charge on any atom is -0.324 e. The zero-order chi connectivity index (χ0) is 13.9. The summed E-state index contributed by atoms with van der Waals surface area (Å²) in [5.74, 6) is -0.221. The molecule has 0 aliphatic heterocycles. The number of rotatable bonds is 4. The standard InChI is InChI=1S/C10H14BrN3O3S/c1-6(13-2)10(15)14-9-4-3-7(5-8(9)11)18(12,16)17/h3-6,13H,1-2H3,(H,14,15)(H2,12,16,17). The third kappa shape index (κ3) is 3.77. The van der Waals surface area contributed by atoms with Gasteiger partial charge >= 0.3 is 0 Å². The summed E-state index contributed by atoms with van der Waals surface area (Å²) in [6.45, 7) is 1.71. The first kappa shape index (κ1) is 15.1. The smallest absolute Gasteiger partial charge is 0.241 e. The van der Waals surface area contributed by atoms with E-state index in [1.807, 2.05) is 0 Å². The van der Waals surface area contributed by atoms with Crippen molar-refractivity contribution >= 4 is 37.5 Å². The molecule has 8 heteroatoms.